The second-order valence-corrected chi connectivity index (χ2v) is 7.11. The van der Waals surface area contributed by atoms with Gasteiger partial charge >= 0.3 is 5.97 Å². The topological polar surface area (TPSA) is 85.5 Å². The van der Waals surface area contributed by atoms with Crippen LogP contribution in [0.4, 0.5) is 0 Å². The Kier molecular flexibility index (Phi) is 4.24. The summed E-state index contributed by atoms with van der Waals surface area (Å²) in [6.07, 6.45) is 1.94. The number of carbonyl (C=O) groups is 1. The van der Waals surface area contributed by atoms with Crippen LogP contribution >= 0.6 is 15.9 Å². The fourth-order valence-corrected chi connectivity index (χ4v) is 3.35. The van der Waals surface area contributed by atoms with Gasteiger partial charge in [-0.3, -0.25) is 0 Å². The van der Waals surface area contributed by atoms with Gasteiger partial charge in [0.2, 0.25) is 0 Å². The molecule has 1 saturated carbocycles. The summed E-state index contributed by atoms with van der Waals surface area (Å²) in [6, 6.07) is 15.4. The molecule has 0 radical (unpaired) electrons. The van der Waals surface area contributed by atoms with Gasteiger partial charge in [-0.15, -0.1) is 0 Å². The molecule has 1 N–H and O–H groups in total. The summed E-state index contributed by atoms with van der Waals surface area (Å²) in [5, 5.41) is 13.0. The summed E-state index contributed by atoms with van der Waals surface area (Å²) >= 11 is 3.41. The van der Waals surface area contributed by atoms with E-state index in [2.05, 4.69) is 38.2 Å². The Bertz CT molecular complexity index is 951. The number of carboxylic acids is 1. The van der Waals surface area contributed by atoms with Crippen LogP contribution in [0, 0.1) is 0 Å². The largest absolute Gasteiger partial charge is 0.481 e. The van der Waals surface area contributed by atoms with E-state index in [-0.39, 0.29) is 5.41 Å². The summed E-state index contributed by atoms with van der Waals surface area (Å²) in [5.41, 5.74) is 1.53. The van der Waals surface area contributed by atoms with E-state index >= 15 is 0 Å². The Morgan fingerprint density at radius 1 is 1.23 bits per heavy atom. The van der Waals surface area contributed by atoms with E-state index in [1.54, 1.807) is 18.2 Å². The summed E-state index contributed by atoms with van der Waals surface area (Å²) in [6.45, 7) is -0.441. The molecule has 0 atom stereocenters. The third kappa shape index (κ3) is 3.10. The molecule has 1 heterocycles. The van der Waals surface area contributed by atoms with Crippen molar-refractivity contribution in [2.75, 3.05) is 6.61 Å². The molecule has 0 unspecified atom stereocenters. The number of hydrogen-bond donors (Lipinski definition) is 1. The quantitative estimate of drug-likeness (QED) is 0.654. The summed E-state index contributed by atoms with van der Waals surface area (Å²) in [5.74, 6) is 0.285. The Morgan fingerprint density at radius 2 is 2.00 bits per heavy atom. The summed E-state index contributed by atoms with van der Waals surface area (Å²) in [7, 11) is 0. The molecule has 0 amide bonds. The van der Waals surface area contributed by atoms with Crippen molar-refractivity contribution in [3.8, 4) is 17.2 Å². The average molecular weight is 415 g/mol. The minimum atomic E-state index is -1.05. The Balaban J connectivity index is 1.69. The lowest BCUT2D eigenvalue weighted by Gasteiger charge is -2.10. The van der Waals surface area contributed by atoms with E-state index in [0.717, 1.165) is 17.3 Å². The molecule has 6 nitrogen and oxygen atoms in total. The molecule has 1 aromatic heterocycles. The molecule has 1 aliphatic carbocycles. The van der Waals surface area contributed by atoms with Crippen molar-refractivity contribution >= 4 is 21.9 Å². The third-order valence-electron chi connectivity index (χ3n) is 4.45. The van der Waals surface area contributed by atoms with Crippen molar-refractivity contribution in [3.63, 3.8) is 0 Å². The molecule has 7 heteroatoms. The van der Waals surface area contributed by atoms with Crippen molar-refractivity contribution in [1.29, 1.82) is 0 Å². The normalized spacial score (nSPS) is 14.8. The monoisotopic (exact) mass is 414 g/mol. The van der Waals surface area contributed by atoms with Gasteiger partial charge in [0.1, 0.15) is 5.75 Å². The predicted octanol–water partition coefficient (Wildman–Crippen LogP) is 4.04. The maximum Gasteiger partial charge on any atom is 0.341 e. The first kappa shape index (κ1) is 16.8. The number of carboxylic acid groups (broad SMARTS) is 1. The molecule has 26 heavy (non-hydrogen) atoms. The number of nitrogens with zero attached hydrogens (tertiary/aromatic N) is 2. The van der Waals surface area contributed by atoms with Gasteiger partial charge in [-0.1, -0.05) is 51.4 Å². The molecule has 2 aromatic carbocycles. The number of halogens is 1. The maximum absolute atomic E-state index is 10.8. The van der Waals surface area contributed by atoms with Crippen molar-refractivity contribution in [3.05, 3.63) is 64.4 Å². The van der Waals surface area contributed by atoms with Gasteiger partial charge in [0.05, 0.1) is 11.0 Å². The maximum atomic E-state index is 10.8. The number of ether oxygens (including phenoxy) is 1. The predicted molar refractivity (Wildman–Crippen MR) is 97.0 cm³/mol. The molecular weight excluding hydrogens is 400 g/mol. The van der Waals surface area contributed by atoms with Crippen molar-refractivity contribution in [1.82, 2.24) is 10.1 Å². The Morgan fingerprint density at radius 3 is 2.69 bits per heavy atom. The van der Waals surface area contributed by atoms with E-state index in [0.29, 0.717) is 23.0 Å². The highest BCUT2D eigenvalue weighted by atomic mass is 79.9. The highest BCUT2D eigenvalue weighted by Crippen LogP contribution is 2.52. The Labute approximate surface area is 157 Å². The lowest BCUT2D eigenvalue weighted by atomic mass is 9.95. The molecule has 3 aromatic rings. The fraction of sp³-hybridized carbons (Fsp3) is 0.211. The van der Waals surface area contributed by atoms with E-state index in [1.165, 1.54) is 5.56 Å². The molecule has 4 rings (SSSR count). The number of aliphatic carboxylic acids is 1. The van der Waals surface area contributed by atoms with Crippen LogP contribution in [0.15, 0.2) is 57.5 Å². The first-order valence-corrected chi connectivity index (χ1v) is 8.92. The van der Waals surface area contributed by atoms with Crippen molar-refractivity contribution < 1.29 is 19.2 Å². The number of benzene rings is 2. The van der Waals surface area contributed by atoms with E-state index < -0.39 is 12.6 Å². The molecule has 0 bridgehead atoms. The zero-order valence-electron chi connectivity index (χ0n) is 13.7. The lowest BCUT2D eigenvalue weighted by Crippen LogP contribution is -2.11. The second kappa shape index (κ2) is 6.57. The van der Waals surface area contributed by atoms with Gasteiger partial charge in [0.25, 0.3) is 5.89 Å². The van der Waals surface area contributed by atoms with Gasteiger partial charge in [-0.2, -0.15) is 4.98 Å². The van der Waals surface area contributed by atoms with Gasteiger partial charge in [-0.25, -0.2) is 4.79 Å². The molecule has 0 aliphatic heterocycles. The van der Waals surface area contributed by atoms with Crippen molar-refractivity contribution in [2.45, 2.75) is 18.3 Å². The highest BCUT2D eigenvalue weighted by molar-refractivity contribution is 9.10. The zero-order chi connectivity index (χ0) is 18.1. The lowest BCUT2D eigenvalue weighted by molar-refractivity contribution is -0.139. The van der Waals surface area contributed by atoms with Crippen LogP contribution in [0.25, 0.3) is 11.5 Å². The first-order valence-electron chi connectivity index (χ1n) is 8.13. The molecule has 1 fully saturated rings. The van der Waals surface area contributed by atoms with Crippen LogP contribution in [0.1, 0.15) is 24.2 Å². The van der Waals surface area contributed by atoms with Crippen LogP contribution in [0.3, 0.4) is 0 Å². The molecule has 0 saturated heterocycles. The van der Waals surface area contributed by atoms with Crippen LogP contribution in [-0.2, 0) is 10.2 Å². The van der Waals surface area contributed by atoms with Gasteiger partial charge in [0, 0.05) is 4.47 Å². The average Bonchev–Trinajstić information content (AvgIpc) is 3.31. The fourth-order valence-electron chi connectivity index (χ4n) is 2.99. The molecule has 1 aliphatic rings. The van der Waals surface area contributed by atoms with E-state index in [9.17, 15) is 4.79 Å². The van der Waals surface area contributed by atoms with Crippen LogP contribution < -0.4 is 4.74 Å². The summed E-state index contributed by atoms with van der Waals surface area (Å²) < 4.78 is 11.7. The van der Waals surface area contributed by atoms with Crippen LogP contribution in [0.2, 0.25) is 0 Å². The minimum absolute atomic E-state index is 0.197. The molecule has 0 spiro atoms. The molecule has 132 valence electrons. The number of aromatic nitrogens is 2. The van der Waals surface area contributed by atoms with Gasteiger partial charge in [0.15, 0.2) is 12.4 Å². The number of rotatable bonds is 6. The van der Waals surface area contributed by atoms with E-state index in [1.807, 2.05) is 18.2 Å². The van der Waals surface area contributed by atoms with Crippen LogP contribution in [0.5, 0.6) is 5.75 Å². The number of hydrogen-bond acceptors (Lipinski definition) is 5. The SMILES string of the molecule is O=C(O)COc1ccc(Br)cc1-c1nc(C2(c3ccccc3)CC2)no1. The third-order valence-corrected chi connectivity index (χ3v) is 4.95. The Hall–Kier alpha value is -2.67. The second-order valence-electron chi connectivity index (χ2n) is 6.19. The smallest absolute Gasteiger partial charge is 0.341 e. The first-order chi connectivity index (χ1) is 12.6. The minimum Gasteiger partial charge on any atom is -0.481 e. The molecular formula is C19H15BrN2O4. The zero-order valence-corrected chi connectivity index (χ0v) is 15.3. The standard InChI is InChI=1S/C19H15BrN2O4/c20-13-6-7-15(25-11-16(23)24)14(10-13)17-21-18(22-26-17)19(8-9-19)12-4-2-1-3-5-12/h1-7,10H,8-9,11H2,(H,23,24). The highest BCUT2D eigenvalue weighted by Gasteiger charge is 2.50. The van der Waals surface area contributed by atoms with E-state index in [4.69, 9.17) is 14.4 Å². The van der Waals surface area contributed by atoms with Crippen molar-refractivity contribution in [2.24, 2.45) is 0 Å². The van der Waals surface area contributed by atoms with Crippen LogP contribution in [-0.4, -0.2) is 27.8 Å². The van der Waals surface area contributed by atoms with Gasteiger partial charge < -0.3 is 14.4 Å². The summed E-state index contributed by atoms with van der Waals surface area (Å²) in [4.78, 5) is 15.4. The van der Waals surface area contributed by atoms with Gasteiger partial charge in [-0.05, 0) is 36.6 Å².